The molecule has 0 saturated carbocycles. The molecule has 0 aliphatic carbocycles. The fourth-order valence-corrected chi connectivity index (χ4v) is 3.89. The molecule has 2 heterocycles. The molecule has 0 unspecified atom stereocenters. The summed E-state index contributed by atoms with van der Waals surface area (Å²) in [5.74, 6) is 0.841. The fraction of sp³-hybridized carbons (Fsp3) is 0.435. The number of aryl methyl sites for hydroxylation is 2. The molecule has 3 rings (SSSR count). The van der Waals surface area contributed by atoms with Crippen molar-refractivity contribution in [2.75, 3.05) is 20.2 Å². The molecular weight excluding hydrogens is 366 g/mol. The Bertz CT molecular complexity index is 883. The number of hydrogen-bond acceptors (Lipinski definition) is 4. The fourth-order valence-electron chi connectivity index (χ4n) is 3.89. The van der Waals surface area contributed by atoms with Gasteiger partial charge < -0.3 is 14.5 Å². The van der Waals surface area contributed by atoms with Crippen LogP contribution in [0.4, 0.5) is 0 Å². The summed E-state index contributed by atoms with van der Waals surface area (Å²) < 4.78 is 5.38. The van der Waals surface area contributed by atoms with Crippen molar-refractivity contribution in [3.8, 4) is 5.75 Å². The summed E-state index contributed by atoms with van der Waals surface area (Å²) >= 11 is 0. The van der Waals surface area contributed by atoms with Crippen molar-refractivity contribution < 1.29 is 14.3 Å². The van der Waals surface area contributed by atoms with E-state index < -0.39 is 0 Å². The highest BCUT2D eigenvalue weighted by atomic mass is 16.5. The standard InChI is InChI=1S/C23H29N3O3/c1-16-8-7-10-20(24-16)23(28)26-15-14-25(17(2)18(26)3)22(27)13-12-19-9-5-6-11-21(19)29-4/h5-11,17-18H,12-15H2,1-4H3/t17-,18-/m1/s1. The molecule has 0 radical (unpaired) electrons. The Morgan fingerprint density at radius 3 is 2.45 bits per heavy atom. The number of ether oxygens (including phenoxy) is 1. The topological polar surface area (TPSA) is 62.7 Å². The number of pyridine rings is 1. The Kier molecular flexibility index (Phi) is 6.52. The molecule has 1 aromatic carbocycles. The van der Waals surface area contributed by atoms with Crippen molar-refractivity contribution in [1.29, 1.82) is 0 Å². The third kappa shape index (κ3) is 4.58. The van der Waals surface area contributed by atoms with Crippen molar-refractivity contribution >= 4 is 11.8 Å². The van der Waals surface area contributed by atoms with E-state index in [9.17, 15) is 9.59 Å². The van der Waals surface area contributed by atoms with Crippen LogP contribution >= 0.6 is 0 Å². The van der Waals surface area contributed by atoms with Gasteiger partial charge in [-0.2, -0.15) is 0 Å². The number of nitrogens with zero attached hydrogens (tertiary/aromatic N) is 3. The lowest BCUT2D eigenvalue weighted by Gasteiger charge is -2.45. The number of carbonyl (C=O) groups is 2. The normalized spacial score (nSPS) is 19.2. The smallest absolute Gasteiger partial charge is 0.272 e. The summed E-state index contributed by atoms with van der Waals surface area (Å²) in [4.78, 5) is 33.9. The predicted octanol–water partition coefficient (Wildman–Crippen LogP) is 3.09. The first kappa shape index (κ1) is 20.8. The van der Waals surface area contributed by atoms with E-state index in [0.29, 0.717) is 31.6 Å². The van der Waals surface area contributed by atoms with Crippen LogP contribution in [-0.2, 0) is 11.2 Å². The van der Waals surface area contributed by atoms with Crippen LogP contribution in [0.1, 0.15) is 42.0 Å². The van der Waals surface area contributed by atoms with Crippen LogP contribution in [0.3, 0.4) is 0 Å². The molecule has 1 aliphatic rings. The quantitative estimate of drug-likeness (QED) is 0.781. The Labute approximate surface area is 172 Å². The first-order valence-corrected chi connectivity index (χ1v) is 10.1. The van der Waals surface area contributed by atoms with Gasteiger partial charge in [-0.15, -0.1) is 0 Å². The summed E-state index contributed by atoms with van der Waals surface area (Å²) in [6.07, 6.45) is 1.06. The van der Waals surface area contributed by atoms with Gasteiger partial charge in [0.2, 0.25) is 5.91 Å². The summed E-state index contributed by atoms with van der Waals surface area (Å²) in [5, 5.41) is 0. The van der Waals surface area contributed by atoms with E-state index in [0.717, 1.165) is 17.0 Å². The lowest BCUT2D eigenvalue weighted by Crippen LogP contribution is -2.60. The van der Waals surface area contributed by atoms with Gasteiger partial charge in [-0.3, -0.25) is 9.59 Å². The van der Waals surface area contributed by atoms with Crippen molar-refractivity contribution in [3.05, 3.63) is 59.4 Å². The van der Waals surface area contributed by atoms with Crippen molar-refractivity contribution in [3.63, 3.8) is 0 Å². The number of amides is 2. The van der Waals surface area contributed by atoms with Crippen LogP contribution in [0.15, 0.2) is 42.5 Å². The zero-order chi connectivity index (χ0) is 21.0. The largest absolute Gasteiger partial charge is 0.496 e. The van der Waals surface area contributed by atoms with Crippen LogP contribution in [-0.4, -0.2) is 58.9 Å². The number of rotatable bonds is 5. The molecule has 1 aromatic heterocycles. The van der Waals surface area contributed by atoms with Crippen LogP contribution in [0, 0.1) is 6.92 Å². The molecule has 154 valence electrons. The minimum atomic E-state index is -0.0752. The van der Waals surface area contributed by atoms with Gasteiger partial charge in [0, 0.05) is 37.3 Å². The van der Waals surface area contributed by atoms with E-state index in [1.165, 1.54) is 0 Å². The Morgan fingerprint density at radius 1 is 1.03 bits per heavy atom. The second-order valence-corrected chi connectivity index (χ2v) is 7.54. The Balaban J connectivity index is 1.63. The lowest BCUT2D eigenvalue weighted by atomic mass is 10.0. The second-order valence-electron chi connectivity index (χ2n) is 7.54. The van der Waals surface area contributed by atoms with Gasteiger partial charge in [0.05, 0.1) is 7.11 Å². The van der Waals surface area contributed by atoms with Crippen LogP contribution < -0.4 is 4.74 Å². The third-order valence-electron chi connectivity index (χ3n) is 5.75. The number of piperazine rings is 1. The Morgan fingerprint density at radius 2 is 1.72 bits per heavy atom. The highest BCUT2D eigenvalue weighted by molar-refractivity contribution is 5.93. The van der Waals surface area contributed by atoms with E-state index in [2.05, 4.69) is 4.98 Å². The van der Waals surface area contributed by atoms with Crippen molar-refractivity contribution in [1.82, 2.24) is 14.8 Å². The minimum absolute atomic E-state index is 0.0531. The van der Waals surface area contributed by atoms with Gasteiger partial charge in [-0.1, -0.05) is 24.3 Å². The number of para-hydroxylation sites is 1. The maximum Gasteiger partial charge on any atom is 0.272 e. The molecule has 0 N–H and O–H groups in total. The molecular formula is C23H29N3O3. The predicted molar refractivity (Wildman–Crippen MR) is 112 cm³/mol. The molecule has 6 nitrogen and oxygen atoms in total. The summed E-state index contributed by atoms with van der Waals surface area (Å²) in [7, 11) is 1.64. The maximum absolute atomic E-state index is 12.9. The molecule has 0 bridgehead atoms. The zero-order valence-electron chi connectivity index (χ0n) is 17.6. The van der Waals surface area contributed by atoms with E-state index in [4.69, 9.17) is 4.74 Å². The molecule has 29 heavy (non-hydrogen) atoms. The van der Waals surface area contributed by atoms with Gasteiger partial charge in [0.1, 0.15) is 11.4 Å². The number of benzene rings is 1. The van der Waals surface area contributed by atoms with Crippen LogP contribution in [0.2, 0.25) is 0 Å². The number of methoxy groups -OCH3 is 1. The first-order valence-electron chi connectivity index (χ1n) is 10.1. The molecule has 1 fully saturated rings. The van der Waals surface area contributed by atoms with E-state index in [1.807, 2.05) is 67.0 Å². The van der Waals surface area contributed by atoms with E-state index in [1.54, 1.807) is 13.2 Å². The molecule has 0 spiro atoms. The minimum Gasteiger partial charge on any atom is -0.496 e. The van der Waals surface area contributed by atoms with Gasteiger partial charge in [0.25, 0.3) is 5.91 Å². The number of aromatic nitrogens is 1. The average Bonchev–Trinajstić information content (AvgIpc) is 2.73. The number of carbonyl (C=O) groups excluding carboxylic acids is 2. The molecule has 6 heteroatoms. The van der Waals surface area contributed by atoms with Crippen LogP contribution in [0.5, 0.6) is 5.75 Å². The first-order chi connectivity index (χ1) is 13.9. The van der Waals surface area contributed by atoms with Gasteiger partial charge >= 0.3 is 0 Å². The average molecular weight is 396 g/mol. The SMILES string of the molecule is COc1ccccc1CCC(=O)N1CCN(C(=O)c2cccc(C)n2)[C@H](C)[C@H]1C. The highest BCUT2D eigenvalue weighted by Gasteiger charge is 2.36. The van der Waals surface area contributed by atoms with E-state index in [-0.39, 0.29) is 23.9 Å². The molecule has 1 aliphatic heterocycles. The maximum atomic E-state index is 12.9. The molecule has 2 aromatic rings. The third-order valence-corrected chi connectivity index (χ3v) is 5.75. The molecule has 2 amide bonds. The summed E-state index contributed by atoms with van der Waals surface area (Å²) in [5.41, 5.74) is 2.31. The number of hydrogen-bond donors (Lipinski definition) is 0. The summed E-state index contributed by atoms with van der Waals surface area (Å²) in [6.45, 7) is 6.93. The van der Waals surface area contributed by atoms with Crippen molar-refractivity contribution in [2.45, 2.75) is 45.7 Å². The highest BCUT2D eigenvalue weighted by Crippen LogP contribution is 2.23. The molecule has 1 saturated heterocycles. The van der Waals surface area contributed by atoms with Crippen molar-refractivity contribution in [2.24, 2.45) is 0 Å². The summed E-state index contributed by atoms with van der Waals surface area (Å²) in [6, 6.07) is 13.1. The van der Waals surface area contributed by atoms with Gasteiger partial charge in [-0.05, 0) is 51.0 Å². The monoisotopic (exact) mass is 395 g/mol. The van der Waals surface area contributed by atoms with Gasteiger partial charge in [-0.25, -0.2) is 4.98 Å². The van der Waals surface area contributed by atoms with E-state index >= 15 is 0 Å². The van der Waals surface area contributed by atoms with Crippen LogP contribution in [0.25, 0.3) is 0 Å². The Hall–Kier alpha value is -2.89. The zero-order valence-corrected chi connectivity index (χ0v) is 17.6. The lowest BCUT2D eigenvalue weighted by molar-refractivity contribution is -0.136. The van der Waals surface area contributed by atoms with Gasteiger partial charge in [0.15, 0.2) is 0 Å². The second kappa shape index (κ2) is 9.07. The molecule has 2 atom stereocenters.